The summed E-state index contributed by atoms with van der Waals surface area (Å²) >= 11 is 6.11. The largest absolute Gasteiger partial charge is 0.481 e. The average Bonchev–Trinajstić information content (AvgIpc) is 2.57. The van der Waals surface area contributed by atoms with Crippen LogP contribution in [0.4, 0.5) is 0 Å². The van der Waals surface area contributed by atoms with Crippen LogP contribution in [0.25, 0.3) is 11.1 Å². The molecule has 116 valence electrons. The number of hydrogen-bond donors (Lipinski definition) is 0. The van der Waals surface area contributed by atoms with Crippen molar-refractivity contribution < 1.29 is 4.74 Å². The highest BCUT2D eigenvalue weighted by Crippen LogP contribution is 2.31. The van der Waals surface area contributed by atoms with Crippen LogP contribution < -0.4 is 4.74 Å². The normalized spacial score (nSPS) is 10.6. The van der Waals surface area contributed by atoms with Crippen molar-refractivity contribution in [3.8, 4) is 17.0 Å². The second-order valence-electron chi connectivity index (χ2n) is 5.40. The number of halogens is 1. The Morgan fingerprint density at radius 2 is 1.83 bits per heavy atom. The molecule has 2 aromatic heterocycles. The van der Waals surface area contributed by atoms with E-state index >= 15 is 0 Å². The predicted octanol–water partition coefficient (Wildman–Crippen LogP) is 4.70. The van der Waals surface area contributed by atoms with Gasteiger partial charge < -0.3 is 4.74 Å². The zero-order chi connectivity index (χ0) is 16.2. The van der Waals surface area contributed by atoms with Gasteiger partial charge in [0.2, 0.25) is 5.88 Å². The third kappa shape index (κ3) is 3.69. The monoisotopic (exact) mass is 324 g/mol. The van der Waals surface area contributed by atoms with E-state index in [-0.39, 0.29) is 0 Å². The maximum Gasteiger partial charge on any atom is 0.221 e. The lowest BCUT2D eigenvalue weighted by molar-refractivity contribution is 0.399. The minimum Gasteiger partial charge on any atom is -0.481 e. The van der Waals surface area contributed by atoms with E-state index in [4.69, 9.17) is 16.3 Å². The number of hydrogen-bond acceptors (Lipinski definition) is 3. The summed E-state index contributed by atoms with van der Waals surface area (Å²) in [5.74, 6) is 0.595. The molecule has 3 aromatic rings. The standard InChI is InChI=1S/C19H17ClN2O/c1-13-6-7-14(11-21-13)8-15-9-18(19(23-2)22-12-15)16-4-3-5-17(20)10-16/h3-7,9-12H,8H2,1-2H3. The van der Waals surface area contributed by atoms with E-state index in [1.807, 2.05) is 49.6 Å². The smallest absolute Gasteiger partial charge is 0.221 e. The minimum absolute atomic E-state index is 0.595. The van der Waals surface area contributed by atoms with Crippen LogP contribution in [-0.4, -0.2) is 17.1 Å². The van der Waals surface area contributed by atoms with Gasteiger partial charge >= 0.3 is 0 Å². The van der Waals surface area contributed by atoms with E-state index in [1.165, 1.54) is 0 Å². The first-order valence-corrected chi connectivity index (χ1v) is 7.74. The maximum atomic E-state index is 6.11. The number of aromatic nitrogens is 2. The molecule has 0 bridgehead atoms. The first-order chi connectivity index (χ1) is 11.2. The summed E-state index contributed by atoms with van der Waals surface area (Å²) in [6.45, 7) is 1.98. The van der Waals surface area contributed by atoms with Crippen LogP contribution in [0.15, 0.2) is 54.9 Å². The molecule has 2 heterocycles. The number of ether oxygens (including phenoxy) is 1. The van der Waals surface area contributed by atoms with E-state index in [9.17, 15) is 0 Å². The van der Waals surface area contributed by atoms with Gasteiger partial charge in [-0.25, -0.2) is 4.98 Å². The van der Waals surface area contributed by atoms with E-state index < -0.39 is 0 Å². The van der Waals surface area contributed by atoms with Gasteiger partial charge in [0.15, 0.2) is 0 Å². The molecule has 0 spiro atoms. The summed E-state index contributed by atoms with van der Waals surface area (Å²) in [5, 5.41) is 0.692. The van der Waals surface area contributed by atoms with Gasteiger partial charge in [0.1, 0.15) is 0 Å². The molecule has 3 nitrogen and oxygen atoms in total. The van der Waals surface area contributed by atoms with E-state index in [2.05, 4.69) is 22.1 Å². The number of rotatable bonds is 4. The van der Waals surface area contributed by atoms with Crippen LogP contribution >= 0.6 is 11.6 Å². The van der Waals surface area contributed by atoms with Crippen molar-refractivity contribution in [3.63, 3.8) is 0 Å². The van der Waals surface area contributed by atoms with E-state index in [1.54, 1.807) is 7.11 Å². The van der Waals surface area contributed by atoms with Crippen LogP contribution in [0.5, 0.6) is 5.88 Å². The molecule has 0 amide bonds. The topological polar surface area (TPSA) is 35.0 Å². The molecule has 0 saturated carbocycles. The zero-order valence-electron chi connectivity index (χ0n) is 13.1. The zero-order valence-corrected chi connectivity index (χ0v) is 13.8. The van der Waals surface area contributed by atoms with Gasteiger partial charge in [-0.3, -0.25) is 4.98 Å². The lowest BCUT2D eigenvalue weighted by Gasteiger charge is -2.10. The molecule has 0 fully saturated rings. The lowest BCUT2D eigenvalue weighted by atomic mass is 10.0. The molecule has 0 aliphatic carbocycles. The fourth-order valence-corrected chi connectivity index (χ4v) is 2.65. The molecule has 4 heteroatoms. The Labute approximate surface area is 140 Å². The molecule has 0 unspecified atom stereocenters. The number of nitrogens with zero attached hydrogens (tertiary/aromatic N) is 2. The molecule has 0 radical (unpaired) electrons. The Kier molecular flexibility index (Phi) is 4.58. The van der Waals surface area contributed by atoms with Crippen LogP contribution in [0.3, 0.4) is 0 Å². The molecule has 0 N–H and O–H groups in total. The third-order valence-electron chi connectivity index (χ3n) is 3.62. The van der Waals surface area contributed by atoms with Crippen molar-refractivity contribution in [1.29, 1.82) is 0 Å². The third-order valence-corrected chi connectivity index (χ3v) is 3.85. The summed E-state index contributed by atoms with van der Waals surface area (Å²) < 4.78 is 5.39. The molecular formula is C19H17ClN2O. The van der Waals surface area contributed by atoms with Gasteiger partial charge in [-0.2, -0.15) is 0 Å². The fraction of sp³-hybridized carbons (Fsp3) is 0.158. The molecule has 1 aromatic carbocycles. The predicted molar refractivity (Wildman–Crippen MR) is 93.0 cm³/mol. The van der Waals surface area contributed by atoms with Gasteiger partial charge in [0.25, 0.3) is 0 Å². The Balaban J connectivity index is 1.97. The number of benzene rings is 1. The van der Waals surface area contributed by atoms with Crippen molar-refractivity contribution in [2.24, 2.45) is 0 Å². The van der Waals surface area contributed by atoms with E-state index in [0.29, 0.717) is 10.9 Å². The molecule has 23 heavy (non-hydrogen) atoms. The molecule has 0 aliphatic rings. The van der Waals surface area contributed by atoms with Crippen molar-refractivity contribution in [2.45, 2.75) is 13.3 Å². The summed E-state index contributed by atoms with van der Waals surface area (Å²) in [6, 6.07) is 13.9. The van der Waals surface area contributed by atoms with Crippen molar-refractivity contribution >= 4 is 11.6 Å². The van der Waals surface area contributed by atoms with Gasteiger partial charge in [-0.15, -0.1) is 0 Å². The number of aryl methyl sites for hydroxylation is 1. The van der Waals surface area contributed by atoms with Gasteiger partial charge in [0, 0.05) is 35.1 Å². The van der Waals surface area contributed by atoms with Crippen molar-refractivity contribution in [2.75, 3.05) is 7.11 Å². The Bertz CT molecular complexity index is 816. The van der Waals surface area contributed by atoms with Gasteiger partial charge in [0.05, 0.1) is 7.11 Å². The quantitative estimate of drug-likeness (QED) is 0.697. The highest BCUT2D eigenvalue weighted by molar-refractivity contribution is 6.30. The SMILES string of the molecule is COc1ncc(Cc2ccc(C)nc2)cc1-c1cccc(Cl)c1. The summed E-state index contributed by atoms with van der Waals surface area (Å²) in [7, 11) is 1.62. The second kappa shape index (κ2) is 6.80. The van der Waals surface area contributed by atoms with Crippen molar-refractivity contribution in [3.05, 3.63) is 76.7 Å². The van der Waals surface area contributed by atoms with Crippen LogP contribution in [0.1, 0.15) is 16.8 Å². The van der Waals surface area contributed by atoms with Gasteiger partial charge in [-0.1, -0.05) is 29.8 Å². The summed E-state index contributed by atoms with van der Waals surface area (Å²) in [5.41, 5.74) is 5.20. The highest BCUT2D eigenvalue weighted by atomic mass is 35.5. The van der Waals surface area contributed by atoms with Crippen molar-refractivity contribution in [1.82, 2.24) is 9.97 Å². The summed E-state index contributed by atoms with van der Waals surface area (Å²) in [6.07, 6.45) is 4.52. The summed E-state index contributed by atoms with van der Waals surface area (Å²) in [4.78, 5) is 8.77. The molecule has 0 saturated heterocycles. The number of methoxy groups -OCH3 is 1. The lowest BCUT2D eigenvalue weighted by Crippen LogP contribution is -1.96. The molecule has 3 rings (SSSR count). The van der Waals surface area contributed by atoms with E-state index in [0.717, 1.165) is 34.4 Å². The Hall–Kier alpha value is -2.39. The fourth-order valence-electron chi connectivity index (χ4n) is 2.46. The molecule has 0 atom stereocenters. The minimum atomic E-state index is 0.595. The van der Waals surface area contributed by atoms with Crippen LogP contribution in [0, 0.1) is 6.92 Å². The first-order valence-electron chi connectivity index (χ1n) is 7.36. The van der Waals surface area contributed by atoms with Crippen LogP contribution in [0.2, 0.25) is 5.02 Å². The molecular weight excluding hydrogens is 308 g/mol. The average molecular weight is 325 g/mol. The first kappa shape index (κ1) is 15.5. The molecule has 0 aliphatic heterocycles. The Morgan fingerprint density at radius 1 is 1.00 bits per heavy atom. The van der Waals surface area contributed by atoms with Crippen LogP contribution in [-0.2, 0) is 6.42 Å². The second-order valence-corrected chi connectivity index (χ2v) is 5.83. The maximum absolute atomic E-state index is 6.11. The highest BCUT2D eigenvalue weighted by Gasteiger charge is 2.10. The van der Waals surface area contributed by atoms with Gasteiger partial charge in [-0.05, 0) is 47.9 Å². The Morgan fingerprint density at radius 3 is 2.52 bits per heavy atom. The number of pyridine rings is 2.